The topological polar surface area (TPSA) is 65.5 Å². The third-order valence-corrected chi connectivity index (χ3v) is 4.66. The molecule has 24 heavy (non-hydrogen) atoms. The normalized spacial score (nSPS) is 14.8. The van der Waals surface area contributed by atoms with E-state index in [-0.39, 0.29) is 18.5 Å². The Labute approximate surface area is 141 Å². The minimum atomic E-state index is -0.460. The highest BCUT2D eigenvalue weighted by molar-refractivity contribution is 5.98. The van der Waals surface area contributed by atoms with Gasteiger partial charge in [0.2, 0.25) is 0 Å². The van der Waals surface area contributed by atoms with Gasteiger partial charge in [0.05, 0.1) is 29.8 Å². The summed E-state index contributed by atoms with van der Waals surface area (Å²) in [6.45, 7) is 1.85. The van der Waals surface area contributed by atoms with Gasteiger partial charge in [-0.05, 0) is 31.4 Å². The molecular formula is C19H21NO4. The maximum atomic E-state index is 12.2. The second-order valence-corrected chi connectivity index (χ2v) is 6.16. The van der Waals surface area contributed by atoms with E-state index in [0.717, 1.165) is 42.1 Å². The first-order valence-corrected chi connectivity index (χ1v) is 8.25. The van der Waals surface area contributed by atoms with Crippen molar-refractivity contribution in [3.05, 3.63) is 41.1 Å². The number of carbonyl (C=O) groups is 2. The monoisotopic (exact) mass is 327 g/mol. The summed E-state index contributed by atoms with van der Waals surface area (Å²) in [6, 6.07) is 7.59. The number of aryl methyl sites for hydroxylation is 1. The summed E-state index contributed by atoms with van der Waals surface area (Å²) in [5.74, 6) is -0.679. The summed E-state index contributed by atoms with van der Waals surface area (Å²) < 4.78 is 10.3. The predicted octanol–water partition coefficient (Wildman–Crippen LogP) is 3.56. The molecule has 1 fully saturated rings. The van der Waals surface area contributed by atoms with E-state index in [2.05, 4.69) is 4.98 Å². The first-order chi connectivity index (χ1) is 11.6. The van der Waals surface area contributed by atoms with E-state index in [1.807, 2.05) is 31.2 Å². The Kier molecular flexibility index (Phi) is 4.79. The number of ether oxygens (including phenoxy) is 2. The van der Waals surface area contributed by atoms with Crippen molar-refractivity contribution in [3.63, 3.8) is 0 Å². The Bertz CT molecular complexity index is 778. The van der Waals surface area contributed by atoms with Crippen LogP contribution in [0.3, 0.4) is 0 Å². The van der Waals surface area contributed by atoms with Crippen LogP contribution in [-0.2, 0) is 20.9 Å². The lowest BCUT2D eigenvalue weighted by Crippen LogP contribution is -2.17. The molecular weight excluding hydrogens is 306 g/mol. The zero-order valence-electron chi connectivity index (χ0n) is 14.0. The van der Waals surface area contributed by atoms with Gasteiger partial charge in [0.15, 0.2) is 0 Å². The van der Waals surface area contributed by atoms with E-state index in [1.54, 1.807) is 0 Å². The van der Waals surface area contributed by atoms with E-state index >= 15 is 0 Å². The Morgan fingerprint density at radius 2 is 1.92 bits per heavy atom. The van der Waals surface area contributed by atoms with Crippen LogP contribution in [0.2, 0.25) is 0 Å². The molecule has 126 valence electrons. The number of fused-ring (bicyclic) bond motifs is 1. The van der Waals surface area contributed by atoms with Crippen molar-refractivity contribution < 1.29 is 19.1 Å². The van der Waals surface area contributed by atoms with Crippen molar-refractivity contribution in [2.75, 3.05) is 7.11 Å². The highest BCUT2D eigenvalue weighted by atomic mass is 16.5. The maximum Gasteiger partial charge on any atom is 0.340 e. The molecule has 3 rings (SSSR count). The number of nitrogens with zero attached hydrogens (tertiary/aromatic N) is 1. The third-order valence-electron chi connectivity index (χ3n) is 4.66. The van der Waals surface area contributed by atoms with Crippen LogP contribution in [0.15, 0.2) is 24.3 Å². The molecule has 0 bridgehead atoms. The van der Waals surface area contributed by atoms with Gasteiger partial charge in [0.25, 0.3) is 0 Å². The van der Waals surface area contributed by atoms with Crippen LogP contribution >= 0.6 is 0 Å². The summed E-state index contributed by atoms with van der Waals surface area (Å²) in [6.07, 6.45) is 3.90. The number of esters is 2. The van der Waals surface area contributed by atoms with Gasteiger partial charge in [-0.3, -0.25) is 4.79 Å². The lowest BCUT2D eigenvalue weighted by atomic mass is 10.0. The van der Waals surface area contributed by atoms with Gasteiger partial charge in [-0.2, -0.15) is 0 Å². The number of aromatic nitrogens is 1. The largest absolute Gasteiger partial charge is 0.465 e. The lowest BCUT2D eigenvalue weighted by molar-refractivity contribution is -0.149. The minimum absolute atomic E-state index is 0.00849. The molecule has 0 N–H and O–H groups in total. The summed E-state index contributed by atoms with van der Waals surface area (Å²) in [7, 11) is 1.34. The number of para-hydroxylation sites is 1. The van der Waals surface area contributed by atoms with Crippen molar-refractivity contribution in [2.24, 2.45) is 5.92 Å². The van der Waals surface area contributed by atoms with E-state index in [0.29, 0.717) is 11.3 Å². The average molecular weight is 327 g/mol. The third kappa shape index (κ3) is 3.11. The van der Waals surface area contributed by atoms with Gasteiger partial charge in [-0.1, -0.05) is 31.0 Å². The van der Waals surface area contributed by atoms with Crippen LogP contribution in [0.25, 0.3) is 10.9 Å². The number of hydrogen-bond acceptors (Lipinski definition) is 5. The first kappa shape index (κ1) is 16.4. The van der Waals surface area contributed by atoms with Gasteiger partial charge in [-0.15, -0.1) is 0 Å². The highest BCUT2D eigenvalue weighted by Crippen LogP contribution is 2.27. The summed E-state index contributed by atoms with van der Waals surface area (Å²) in [4.78, 5) is 28.9. The summed E-state index contributed by atoms with van der Waals surface area (Å²) in [5.41, 5.74) is 2.40. The molecule has 1 heterocycles. The molecule has 2 aromatic rings. The molecule has 1 aromatic carbocycles. The van der Waals surface area contributed by atoms with E-state index in [1.165, 1.54) is 7.11 Å². The van der Waals surface area contributed by atoms with Crippen LogP contribution in [0, 0.1) is 12.8 Å². The van der Waals surface area contributed by atoms with Gasteiger partial charge < -0.3 is 9.47 Å². The Morgan fingerprint density at radius 1 is 1.21 bits per heavy atom. The predicted molar refractivity (Wildman–Crippen MR) is 89.6 cm³/mol. The molecule has 5 heteroatoms. The van der Waals surface area contributed by atoms with Crippen molar-refractivity contribution in [3.8, 4) is 0 Å². The Balaban J connectivity index is 1.92. The number of carbonyl (C=O) groups excluding carboxylic acids is 2. The highest BCUT2D eigenvalue weighted by Gasteiger charge is 2.25. The number of rotatable bonds is 4. The number of methoxy groups -OCH3 is 1. The van der Waals surface area contributed by atoms with Crippen LogP contribution in [0.1, 0.15) is 47.3 Å². The second-order valence-electron chi connectivity index (χ2n) is 6.16. The molecule has 5 nitrogen and oxygen atoms in total. The smallest absolute Gasteiger partial charge is 0.340 e. The number of hydrogen-bond donors (Lipinski definition) is 0. The first-order valence-electron chi connectivity index (χ1n) is 8.25. The molecule has 1 aromatic heterocycles. The number of benzene rings is 1. The molecule has 0 unspecified atom stereocenters. The fourth-order valence-corrected chi connectivity index (χ4v) is 3.34. The molecule has 1 aliphatic carbocycles. The molecule has 0 radical (unpaired) electrons. The van der Waals surface area contributed by atoms with Crippen molar-refractivity contribution in [2.45, 2.75) is 39.2 Å². The SMILES string of the molecule is COC(=O)c1c(COC(=O)C2CCCC2)nc2ccccc2c1C. The molecule has 0 amide bonds. The van der Waals surface area contributed by atoms with E-state index in [4.69, 9.17) is 9.47 Å². The molecule has 0 atom stereocenters. The Hall–Kier alpha value is -2.43. The Morgan fingerprint density at radius 3 is 2.62 bits per heavy atom. The molecule has 0 spiro atoms. The van der Waals surface area contributed by atoms with Crippen molar-refractivity contribution in [1.29, 1.82) is 0 Å². The zero-order valence-corrected chi connectivity index (χ0v) is 14.0. The molecule has 1 saturated carbocycles. The van der Waals surface area contributed by atoms with Crippen LogP contribution in [0.4, 0.5) is 0 Å². The number of pyridine rings is 1. The van der Waals surface area contributed by atoms with Crippen LogP contribution in [-0.4, -0.2) is 24.0 Å². The summed E-state index contributed by atoms with van der Waals surface area (Å²) in [5, 5.41) is 0.892. The quantitative estimate of drug-likeness (QED) is 0.803. The van der Waals surface area contributed by atoms with Crippen LogP contribution in [0.5, 0.6) is 0 Å². The van der Waals surface area contributed by atoms with Gasteiger partial charge in [-0.25, -0.2) is 9.78 Å². The average Bonchev–Trinajstić information content (AvgIpc) is 3.14. The van der Waals surface area contributed by atoms with Gasteiger partial charge in [0, 0.05) is 5.39 Å². The maximum absolute atomic E-state index is 12.2. The summed E-state index contributed by atoms with van der Waals surface area (Å²) >= 11 is 0. The van der Waals surface area contributed by atoms with Crippen LogP contribution < -0.4 is 0 Å². The van der Waals surface area contributed by atoms with E-state index in [9.17, 15) is 9.59 Å². The second kappa shape index (κ2) is 6.99. The zero-order chi connectivity index (χ0) is 17.1. The standard InChI is InChI=1S/C19H21NO4/c1-12-14-9-5-6-10-15(14)20-16(17(12)19(22)23-2)11-24-18(21)13-7-3-4-8-13/h5-6,9-10,13H,3-4,7-8,11H2,1-2H3. The minimum Gasteiger partial charge on any atom is -0.465 e. The molecule has 0 saturated heterocycles. The van der Waals surface area contributed by atoms with Crippen molar-refractivity contribution >= 4 is 22.8 Å². The fourth-order valence-electron chi connectivity index (χ4n) is 3.34. The lowest BCUT2D eigenvalue weighted by Gasteiger charge is -2.14. The molecule has 0 aliphatic heterocycles. The molecule has 1 aliphatic rings. The van der Waals surface area contributed by atoms with Gasteiger partial charge >= 0.3 is 11.9 Å². The fraction of sp³-hybridized carbons (Fsp3) is 0.421. The van der Waals surface area contributed by atoms with Gasteiger partial charge in [0.1, 0.15) is 6.61 Å². The van der Waals surface area contributed by atoms with Crippen molar-refractivity contribution in [1.82, 2.24) is 4.98 Å². The van der Waals surface area contributed by atoms with E-state index < -0.39 is 5.97 Å².